The SMILES string of the molecule is NC1=NC(c2ccccc2)(c2ccccc2)CN1CCCCCC(=O)C1CCCCN1. The summed E-state index contributed by atoms with van der Waals surface area (Å²) in [5.74, 6) is 0.990. The molecule has 164 valence electrons. The van der Waals surface area contributed by atoms with E-state index in [9.17, 15) is 4.79 Å². The van der Waals surface area contributed by atoms with Crippen LogP contribution in [0.4, 0.5) is 0 Å². The van der Waals surface area contributed by atoms with E-state index in [1.54, 1.807) is 0 Å². The average molecular weight is 419 g/mol. The highest BCUT2D eigenvalue weighted by Gasteiger charge is 2.41. The molecule has 2 aromatic rings. The van der Waals surface area contributed by atoms with Gasteiger partial charge in [0.15, 0.2) is 5.96 Å². The zero-order valence-electron chi connectivity index (χ0n) is 18.3. The minimum absolute atomic E-state index is 0.0903. The van der Waals surface area contributed by atoms with Gasteiger partial charge in [-0.3, -0.25) is 4.79 Å². The van der Waals surface area contributed by atoms with Crippen molar-refractivity contribution in [3.8, 4) is 0 Å². The van der Waals surface area contributed by atoms with Crippen LogP contribution in [0, 0.1) is 0 Å². The molecular weight excluding hydrogens is 384 g/mol. The molecule has 1 atom stereocenters. The predicted molar refractivity (Wildman–Crippen MR) is 126 cm³/mol. The van der Waals surface area contributed by atoms with Gasteiger partial charge in [0.2, 0.25) is 0 Å². The lowest BCUT2D eigenvalue weighted by atomic mass is 9.83. The Morgan fingerprint density at radius 2 is 1.68 bits per heavy atom. The molecule has 0 spiro atoms. The largest absolute Gasteiger partial charge is 0.370 e. The molecule has 1 unspecified atom stereocenters. The molecule has 31 heavy (non-hydrogen) atoms. The molecule has 2 aliphatic heterocycles. The Hall–Kier alpha value is -2.66. The number of hydrogen-bond acceptors (Lipinski definition) is 5. The van der Waals surface area contributed by atoms with E-state index in [4.69, 9.17) is 10.7 Å². The van der Waals surface area contributed by atoms with Crippen molar-refractivity contribution in [2.75, 3.05) is 19.6 Å². The van der Waals surface area contributed by atoms with Gasteiger partial charge >= 0.3 is 0 Å². The van der Waals surface area contributed by atoms with E-state index in [0.29, 0.717) is 18.2 Å². The van der Waals surface area contributed by atoms with Gasteiger partial charge in [0.05, 0.1) is 12.6 Å². The molecular formula is C26H34N4O. The molecule has 0 radical (unpaired) electrons. The summed E-state index contributed by atoms with van der Waals surface area (Å²) in [6.45, 7) is 2.60. The summed E-state index contributed by atoms with van der Waals surface area (Å²) in [5, 5.41) is 3.36. The fraction of sp³-hybridized carbons (Fsp3) is 0.462. The highest BCUT2D eigenvalue weighted by atomic mass is 16.1. The molecule has 3 N–H and O–H groups in total. The molecule has 0 bridgehead atoms. The van der Waals surface area contributed by atoms with Gasteiger partial charge in [-0.15, -0.1) is 0 Å². The Labute approximate surface area is 185 Å². The third kappa shape index (κ3) is 4.99. The van der Waals surface area contributed by atoms with E-state index in [-0.39, 0.29) is 6.04 Å². The van der Waals surface area contributed by atoms with Crippen LogP contribution in [0.3, 0.4) is 0 Å². The standard InChI is InChI=1S/C26H34N4O/c27-25-29-26(21-12-4-1-5-13-21,22-14-6-2-7-15-22)20-30(25)19-11-3-8-17-24(31)23-16-9-10-18-28-23/h1-2,4-7,12-15,23,28H,3,8-11,16-20H2,(H2,27,29). The molecule has 0 saturated carbocycles. The van der Waals surface area contributed by atoms with Crippen LogP contribution in [0.15, 0.2) is 65.7 Å². The van der Waals surface area contributed by atoms with E-state index < -0.39 is 5.54 Å². The summed E-state index contributed by atoms with van der Waals surface area (Å²) in [7, 11) is 0. The number of carbonyl (C=O) groups excluding carboxylic acids is 1. The van der Waals surface area contributed by atoms with Crippen molar-refractivity contribution >= 4 is 11.7 Å². The molecule has 0 aromatic heterocycles. The number of nitrogens with two attached hydrogens (primary N) is 1. The van der Waals surface area contributed by atoms with Crippen molar-refractivity contribution in [3.63, 3.8) is 0 Å². The number of guanidine groups is 1. The molecule has 2 heterocycles. The third-order valence-corrected chi connectivity index (χ3v) is 6.60. The van der Waals surface area contributed by atoms with E-state index >= 15 is 0 Å². The van der Waals surface area contributed by atoms with Gasteiger partial charge in [0, 0.05) is 13.0 Å². The number of ketones is 1. The van der Waals surface area contributed by atoms with Crippen LogP contribution in [-0.4, -0.2) is 42.3 Å². The maximum atomic E-state index is 12.4. The van der Waals surface area contributed by atoms with E-state index in [1.807, 2.05) is 12.1 Å². The number of rotatable bonds is 9. The van der Waals surface area contributed by atoms with Crippen LogP contribution < -0.4 is 11.1 Å². The smallest absolute Gasteiger partial charge is 0.192 e. The molecule has 5 nitrogen and oxygen atoms in total. The first-order valence-corrected chi connectivity index (χ1v) is 11.7. The number of unbranched alkanes of at least 4 members (excludes halogenated alkanes) is 2. The molecule has 2 aromatic carbocycles. The van der Waals surface area contributed by atoms with Crippen LogP contribution in [-0.2, 0) is 10.3 Å². The van der Waals surface area contributed by atoms with Gasteiger partial charge in [-0.1, -0.05) is 73.5 Å². The van der Waals surface area contributed by atoms with Crippen molar-refractivity contribution < 1.29 is 4.79 Å². The van der Waals surface area contributed by atoms with Gasteiger partial charge < -0.3 is 16.0 Å². The molecule has 1 fully saturated rings. The fourth-order valence-electron chi connectivity index (χ4n) is 4.84. The lowest BCUT2D eigenvalue weighted by Crippen LogP contribution is -2.40. The summed E-state index contributed by atoms with van der Waals surface area (Å²) in [6.07, 6.45) is 7.04. The quantitative estimate of drug-likeness (QED) is 0.607. The summed E-state index contributed by atoms with van der Waals surface area (Å²) in [4.78, 5) is 19.5. The Morgan fingerprint density at radius 3 is 2.29 bits per heavy atom. The summed E-state index contributed by atoms with van der Waals surface area (Å²) in [6, 6.07) is 21.0. The van der Waals surface area contributed by atoms with Crippen molar-refractivity contribution in [2.24, 2.45) is 10.7 Å². The zero-order chi connectivity index (χ0) is 21.5. The Balaban J connectivity index is 1.33. The molecule has 1 saturated heterocycles. The highest BCUT2D eigenvalue weighted by Crippen LogP contribution is 2.38. The zero-order valence-corrected chi connectivity index (χ0v) is 18.3. The first-order chi connectivity index (χ1) is 15.2. The number of nitrogens with zero attached hydrogens (tertiary/aromatic N) is 2. The van der Waals surface area contributed by atoms with Gasteiger partial charge in [0.25, 0.3) is 0 Å². The first-order valence-electron chi connectivity index (χ1n) is 11.7. The van der Waals surface area contributed by atoms with Crippen molar-refractivity contribution in [1.82, 2.24) is 10.2 Å². The highest BCUT2D eigenvalue weighted by molar-refractivity contribution is 5.84. The number of Topliss-reactive ketones (excluding diaryl/α,β-unsaturated/α-hetero) is 1. The second-order valence-electron chi connectivity index (χ2n) is 8.76. The van der Waals surface area contributed by atoms with Crippen LogP contribution >= 0.6 is 0 Å². The van der Waals surface area contributed by atoms with Crippen LogP contribution in [0.25, 0.3) is 0 Å². The van der Waals surface area contributed by atoms with Crippen molar-refractivity contribution in [1.29, 1.82) is 0 Å². The number of hydrogen-bond donors (Lipinski definition) is 2. The topological polar surface area (TPSA) is 70.7 Å². The van der Waals surface area contributed by atoms with Gasteiger partial charge in [-0.2, -0.15) is 0 Å². The Bertz CT molecular complexity index is 835. The fourth-order valence-corrected chi connectivity index (χ4v) is 4.84. The van der Waals surface area contributed by atoms with Crippen molar-refractivity contribution in [2.45, 2.75) is 56.5 Å². The molecule has 2 aliphatic rings. The maximum absolute atomic E-state index is 12.4. The van der Waals surface area contributed by atoms with Gasteiger partial charge in [0.1, 0.15) is 11.3 Å². The van der Waals surface area contributed by atoms with Gasteiger partial charge in [-0.05, 0) is 43.4 Å². The first kappa shape index (κ1) is 21.6. The molecule has 0 aliphatic carbocycles. The van der Waals surface area contributed by atoms with Gasteiger partial charge in [-0.25, -0.2) is 4.99 Å². The Morgan fingerprint density at radius 1 is 1.00 bits per heavy atom. The number of benzene rings is 2. The lowest BCUT2D eigenvalue weighted by Gasteiger charge is -2.29. The summed E-state index contributed by atoms with van der Waals surface area (Å²) < 4.78 is 0. The maximum Gasteiger partial charge on any atom is 0.192 e. The van der Waals surface area contributed by atoms with Crippen LogP contribution in [0.5, 0.6) is 0 Å². The summed E-state index contributed by atoms with van der Waals surface area (Å²) in [5.41, 5.74) is 8.27. The minimum atomic E-state index is -0.463. The van der Waals surface area contributed by atoms with Crippen LogP contribution in [0.2, 0.25) is 0 Å². The van der Waals surface area contributed by atoms with Crippen molar-refractivity contribution in [3.05, 3.63) is 71.8 Å². The van der Waals surface area contributed by atoms with E-state index in [2.05, 4.69) is 58.7 Å². The van der Waals surface area contributed by atoms with E-state index in [0.717, 1.165) is 56.4 Å². The van der Waals surface area contributed by atoms with Crippen LogP contribution in [0.1, 0.15) is 56.1 Å². The van der Waals surface area contributed by atoms with E-state index in [1.165, 1.54) is 12.8 Å². The predicted octanol–water partition coefficient (Wildman–Crippen LogP) is 3.83. The normalized spacial score (nSPS) is 20.5. The number of nitrogens with one attached hydrogen (secondary N) is 1. The second-order valence-corrected chi connectivity index (χ2v) is 8.76. The number of carbonyl (C=O) groups is 1. The minimum Gasteiger partial charge on any atom is -0.370 e. The molecule has 0 amide bonds. The molecule has 5 heteroatoms. The average Bonchev–Trinajstić information content (AvgIpc) is 3.18. The lowest BCUT2D eigenvalue weighted by molar-refractivity contribution is -0.121. The third-order valence-electron chi connectivity index (χ3n) is 6.60. The number of piperidine rings is 1. The Kier molecular flexibility index (Phi) is 7.03. The molecule has 4 rings (SSSR count). The second kappa shape index (κ2) is 10.1. The summed E-state index contributed by atoms with van der Waals surface area (Å²) >= 11 is 0. The number of aliphatic imine (C=N–C) groups is 1. The monoisotopic (exact) mass is 418 g/mol.